The van der Waals surface area contributed by atoms with E-state index in [-0.39, 0.29) is 16.5 Å². The van der Waals surface area contributed by atoms with Gasteiger partial charge in [0, 0.05) is 54.5 Å². The lowest BCUT2D eigenvalue weighted by atomic mass is 10.1. The number of nitro benzene ring substituents is 1. The standard InChI is InChI=1S/C24H23BrN4O3/c25-20-8-4-7-19(15-20)24(30)28-13-11-27(12-14-28)21-9-10-23(29(31)32)22(16-21)26-17-18-5-2-1-3-6-18/h1-10,15-16,26H,11-14,17H2. The Labute approximate surface area is 194 Å². The molecule has 164 valence electrons. The summed E-state index contributed by atoms with van der Waals surface area (Å²) >= 11 is 3.41. The van der Waals surface area contributed by atoms with Gasteiger partial charge in [0.1, 0.15) is 5.69 Å². The maximum Gasteiger partial charge on any atom is 0.292 e. The van der Waals surface area contributed by atoms with Crippen LogP contribution in [0.1, 0.15) is 15.9 Å². The molecule has 1 amide bonds. The molecule has 0 radical (unpaired) electrons. The lowest BCUT2D eigenvalue weighted by Gasteiger charge is -2.36. The van der Waals surface area contributed by atoms with Crippen LogP contribution in [-0.4, -0.2) is 41.9 Å². The van der Waals surface area contributed by atoms with Gasteiger partial charge < -0.3 is 15.1 Å². The molecule has 0 unspecified atom stereocenters. The molecular weight excluding hydrogens is 472 g/mol. The minimum absolute atomic E-state index is 0.0138. The molecule has 0 aliphatic carbocycles. The van der Waals surface area contributed by atoms with Gasteiger partial charge in [0.15, 0.2) is 0 Å². The zero-order chi connectivity index (χ0) is 22.5. The van der Waals surface area contributed by atoms with Gasteiger partial charge in [-0.25, -0.2) is 0 Å². The van der Waals surface area contributed by atoms with Crippen molar-refractivity contribution in [3.05, 3.63) is 98.5 Å². The van der Waals surface area contributed by atoms with E-state index in [0.717, 1.165) is 15.7 Å². The number of carbonyl (C=O) groups is 1. The highest BCUT2D eigenvalue weighted by molar-refractivity contribution is 9.10. The van der Waals surface area contributed by atoms with Crippen molar-refractivity contribution in [1.82, 2.24) is 4.90 Å². The third-order valence-corrected chi connectivity index (χ3v) is 6.00. The third kappa shape index (κ3) is 5.08. The number of hydrogen-bond donors (Lipinski definition) is 1. The Morgan fingerprint density at radius 2 is 1.72 bits per heavy atom. The number of nitrogens with one attached hydrogen (secondary N) is 1. The monoisotopic (exact) mass is 494 g/mol. The molecular formula is C24H23BrN4O3. The maximum atomic E-state index is 12.8. The van der Waals surface area contributed by atoms with Gasteiger partial charge in [0.2, 0.25) is 0 Å². The number of benzene rings is 3. The van der Waals surface area contributed by atoms with E-state index in [1.54, 1.807) is 12.1 Å². The number of carbonyl (C=O) groups excluding carboxylic acids is 1. The Hall–Kier alpha value is -3.39. The lowest BCUT2D eigenvalue weighted by molar-refractivity contribution is -0.384. The van der Waals surface area contributed by atoms with Crippen LogP contribution >= 0.6 is 15.9 Å². The molecule has 1 saturated heterocycles. The van der Waals surface area contributed by atoms with Gasteiger partial charge in [0.05, 0.1) is 4.92 Å². The highest BCUT2D eigenvalue weighted by atomic mass is 79.9. The van der Waals surface area contributed by atoms with Gasteiger partial charge in [-0.1, -0.05) is 52.3 Å². The second-order valence-electron chi connectivity index (χ2n) is 7.59. The van der Waals surface area contributed by atoms with Gasteiger partial charge in [-0.05, 0) is 35.9 Å². The van der Waals surface area contributed by atoms with Crippen molar-refractivity contribution in [2.24, 2.45) is 0 Å². The molecule has 4 rings (SSSR count). The van der Waals surface area contributed by atoms with Crippen LogP contribution in [0.2, 0.25) is 0 Å². The first-order valence-corrected chi connectivity index (χ1v) is 11.2. The number of halogens is 1. The van der Waals surface area contributed by atoms with Crippen LogP contribution in [0.15, 0.2) is 77.3 Å². The Balaban J connectivity index is 1.44. The van der Waals surface area contributed by atoms with E-state index in [1.807, 2.05) is 65.6 Å². The molecule has 0 aromatic heterocycles. The number of anilines is 2. The topological polar surface area (TPSA) is 78.7 Å². The summed E-state index contributed by atoms with van der Waals surface area (Å²) in [5.41, 5.74) is 3.15. The summed E-state index contributed by atoms with van der Waals surface area (Å²) < 4.78 is 0.878. The number of rotatable bonds is 6. The summed E-state index contributed by atoms with van der Waals surface area (Å²) in [5, 5.41) is 14.7. The molecule has 32 heavy (non-hydrogen) atoms. The predicted octanol–water partition coefficient (Wildman–Crippen LogP) is 4.93. The normalized spacial score (nSPS) is 13.7. The van der Waals surface area contributed by atoms with Gasteiger partial charge in [-0.3, -0.25) is 14.9 Å². The molecule has 1 aliphatic heterocycles. The quantitative estimate of drug-likeness (QED) is 0.388. The molecule has 0 atom stereocenters. The van der Waals surface area contributed by atoms with Crippen molar-refractivity contribution >= 4 is 38.9 Å². The fourth-order valence-corrected chi connectivity index (χ4v) is 4.19. The van der Waals surface area contributed by atoms with Crippen molar-refractivity contribution in [2.75, 3.05) is 36.4 Å². The Bertz CT molecular complexity index is 1120. The van der Waals surface area contributed by atoms with Gasteiger partial charge >= 0.3 is 0 Å². The molecule has 1 aliphatic rings. The molecule has 1 heterocycles. The van der Waals surface area contributed by atoms with Crippen LogP contribution in [0.4, 0.5) is 17.1 Å². The summed E-state index contributed by atoms with van der Waals surface area (Å²) in [6, 6.07) is 22.3. The molecule has 0 bridgehead atoms. The van der Waals surface area contributed by atoms with Crippen molar-refractivity contribution in [1.29, 1.82) is 0 Å². The van der Waals surface area contributed by atoms with E-state index < -0.39 is 0 Å². The van der Waals surface area contributed by atoms with E-state index >= 15 is 0 Å². The molecule has 3 aromatic carbocycles. The number of nitro groups is 1. The first-order chi connectivity index (χ1) is 15.5. The van der Waals surface area contributed by atoms with Crippen molar-refractivity contribution < 1.29 is 9.72 Å². The van der Waals surface area contributed by atoms with Crippen molar-refractivity contribution in [3.8, 4) is 0 Å². The van der Waals surface area contributed by atoms with Crippen LogP contribution in [-0.2, 0) is 6.54 Å². The average molecular weight is 495 g/mol. The van der Waals surface area contributed by atoms with Gasteiger partial charge in [0.25, 0.3) is 11.6 Å². The first kappa shape index (κ1) is 21.8. The summed E-state index contributed by atoms with van der Waals surface area (Å²) in [7, 11) is 0. The highest BCUT2D eigenvalue weighted by Gasteiger charge is 2.24. The predicted molar refractivity (Wildman–Crippen MR) is 129 cm³/mol. The largest absolute Gasteiger partial charge is 0.375 e. The number of amides is 1. The van der Waals surface area contributed by atoms with E-state index in [4.69, 9.17) is 0 Å². The average Bonchev–Trinajstić information content (AvgIpc) is 2.83. The van der Waals surface area contributed by atoms with Crippen LogP contribution in [0.25, 0.3) is 0 Å². The van der Waals surface area contributed by atoms with E-state index in [0.29, 0.717) is 44.0 Å². The zero-order valence-electron chi connectivity index (χ0n) is 17.4. The smallest absolute Gasteiger partial charge is 0.292 e. The molecule has 7 nitrogen and oxygen atoms in total. The zero-order valence-corrected chi connectivity index (χ0v) is 19.0. The summed E-state index contributed by atoms with van der Waals surface area (Å²) in [6.07, 6.45) is 0. The fraction of sp³-hybridized carbons (Fsp3) is 0.208. The lowest BCUT2D eigenvalue weighted by Crippen LogP contribution is -2.48. The molecule has 8 heteroatoms. The van der Waals surface area contributed by atoms with E-state index in [2.05, 4.69) is 26.1 Å². The molecule has 0 spiro atoms. The fourth-order valence-electron chi connectivity index (χ4n) is 3.79. The third-order valence-electron chi connectivity index (χ3n) is 5.51. The summed E-state index contributed by atoms with van der Waals surface area (Å²) in [5.74, 6) is 0.0138. The molecule has 1 N–H and O–H groups in total. The maximum absolute atomic E-state index is 12.8. The SMILES string of the molecule is O=C(c1cccc(Br)c1)N1CCN(c2ccc([N+](=O)[O-])c(NCc3ccccc3)c2)CC1. The van der Waals surface area contributed by atoms with E-state index in [1.165, 1.54) is 0 Å². The Morgan fingerprint density at radius 1 is 0.969 bits per heavy atom. The summed E-state index contributed by atoms with van der Waals surface area (Å²) in [4.78, 5) is 27.9. The molecule has 1 fully saturated rings. The van der Waals surface area contributed by atoms with Gasteiger partial charge in [-0.2, -0.15) is 0 Å². The molecule has 0 saturated carbocycles. The van der Waals surface area contributed by atoms with Crippen LogP contribution < -0.4 is 10.2 Å². The summed E-state index contributed by atoms with van der Waals surface area (Å²) in [6.45, 7) is 3.01. The van der Waals surface area contributed by atoms with Crippen molar-refractivity contribution in [2.45, 2.75) is 6.54 Å². The van der Waals surface area contributed by atoms with Crippen LogP contribution in [0, 0.1) is 10.1 Å². The van der Waals surface area contributed by atoms with E-state index in [9.17, 15) is 14.9 Å². The van der Waals surface area contributed by atoms with Crippen molar-refractivity contribution in [3.63, 3.8) is 0 Å². The number of piperazine rings is 1. The van der Waals surface area contributed by atoms with Crippen LogP contribution in [0.3, 0.4) is 0 Å². The Morgan fingerprint density at radius 3 is 2.41 bits per heavy atom. The first-order valence-electron chi connectivity index (χ1n) is 10.4. The minimum atomic E-state index is -0.369. The number of hydrogen-bond acceptors (Lipinski definition) is 5. The number of nitrogens with zero attached hydrogens (tertiary/aromatic N) is 3. The van der Waals surface area contributed by atoms with Crippen LogP contribution in [0.5, 0.6) is 0 Å². The second kappa shape index (κ2) is 9.82. The molecule has 3 aromatic rings. The highest BCUT2D eigenvalue weighted by Crippen LogP contribution is 2.30. The second-order valence-corrected chi connectivity index (χ2v) is 8.50. The Kier molecular flexibility index (Phi) is 6.70. The van der Waals surface area contributed by atoms with Gasteiger partial charge in [-0.15, -0.1) is 0 Å². The minimum Gasteiger partial charge on any atom is -0.375 e.